The Kier molecular flexibility index (Phi) is 5.64. The molecule has 2 heterocycles. The molecule has 1 aliphatic heterocycles. The fourth-order valence-corrected chi connectivity index (χ4v) is 3.76. The van der Waals surface area contributed by atoms with E-state index < -0.39 is 0 Å². The highest BCUT2D eigenvalue weighted by Crippen LogP contribution is 2.14. The molecule has 2 amide bonds. The monoisotopic (exact) mass is 342 g/mol. The van der Waals surface area contributed by atoms with Crippen molar-refractivity contribution in [2.75, 3.05) is 13.1 Å². The Morgan fingerprint density at radius 1 is 1.21 bits per heavy atom. The molecular weight excluding hydrogens is 320 g/mol. The molecule has 1 atom stereocenters. The average molecular weight is 342 g/mol. The van der Waals surface area contributed by atoms with Gasteiger partial charge in [-0.3, -0.25) is 9.59 Å². The number of nitrogens with zero attached hydrogens (tertiary/aromatic N) is 1. The lowest BCUT2D eigenvalue weighted by Gasteiger charge is -2.17. The quantitative estimate of drug-likeness (QED) is 0.841. The zero-order valence-corrected chi connectivity index (χ0v) is 14.4. The second-order valence-corrected chi connectivity index (χ2v) is 7.19. The number of carbonyl (C=O) groups excluding carboxylic acids is 2. The first kappa shape index (κ1) is 16.7. The van der Waals surface area contributed by atoms with Gasteiger partial charge in [0.15, 0.2) is 0 Å². The van der Waals surface area contributed by atoms with Crippen LogP contribution in [0.1, 0.15) is 23.3 Å². The average Bonchev–Trinajstić information content (AvgIpc) is 3.18. The lowest BCUT2D eigenvalue weighted by molar-refractivity contribution is -0.127. The standard InChI is InChI=1S/C19H22N2O2S/c22-18(13-17-9-5-11-24-17)20-16-12-19(23)21(14-16)10-4-8-15-6-2-1-3-7-15/h1-3,5-7,9,11,16H,4,8,10,12-14H2,(H,20,22). The molecule has 0 aliphatic carbocycles. The molecule has 1 unspecified atom stereocenters. The molecule has 1 aliphatic rings. The van der Waals surface area contributed by atoms with Gasteiger partial charge in [-0.1, -0.05) is 36.4 Å². The van der Waals surface area contributed by atoms with Crippen molar-refractivity contribution >= 4 is 23.2 Å². The second-order valence-electron chi connectivity index (χ2n) is 6.15. The predicted molar refractivity (Wildman–Crippen MR) is 95.9 cm³/mol. The third-order valence-corrected chi connectivity index (χ3v) is 5.11. The molecule has 3 rings (SSSR count). The fraction of sp³-hybridized carbons (Fsp3) is 0.368. The lowest BCUT2D eigenvalue weighted by Crippen LogP contribution is -2.38. The van der Waals surface area contributed by atoms with E-state index in [9.17, 15) is 9.59 Å². The van der Waals surface area contributed by atoms with Gasteiger partial charge in [0, 0.05) is 24.4 Å². The molecular formula is C19H22N2O2S. The van der Waals surface area contributed by atoms with E-state index in [1.807, 2.05) is 40.6 Å². The Balaban J connectivity index is 1.41. The summed E-state index contributed by atoms with van der Waals surface area (Å²) >= 11 is 1.58. The molecule has 126 valence electrons. The number of nitrogens with one attached hydrogen (secondary N) is 1. The van der Waals surface area contributed by atoms with Crippen LogP contribution in [0.4, 0.5) is 0 Å². The Hall–Kier alpha value is -2.14. The Morgan fingerprint density at radius 3 is 2.79 bits per heavy atom. The summed E-state index contributed by atoms with van der Waals surface area (Å²) in [5, 5.41) is 4.96. The maximum absolute atomic E-state index is 12.1. The van der Waals surface area contributed by atoms with E-state index in [4.69, 9.17) is 0 Å². The molecule has 1 fully saturated rings. The maximum atomic E-state index is 12.1. The van der Waals surface area contributed by atoms with E-state index in [2.05, 4.69) is 17.4 Å². The number of aryl methyl sites for hydroxylation is 1. The lowest BCUT2D eigenvalue weighted by atomic mass is 10.1. The van der Waals surface area contributed by atoms with Gasteiger partial charge in [0.25, 0.3) is 0 Å². The van der Waals surface area contributed by atoms with Gasteiger partial charge in [0.2, 0.25) is 11.8 Å². The topological polar surface area (TPSA) is 49.4 Å². The highest BCUT2D eigenvalue weighted by atomic mass is 32.1. The number of thiophene rings is 1. The van der Waals surface area contributed by atoms with Crippen LogP contribution in [-0.4, -0.2) is 35.8 Å². The molecule has 0 radical (unpaired) electrons. The van der Waals surface area contributed by atoms with Gasteiger partial charge in [0.1, 0.15) is 0 Å². The Morgan fingerprint density at radius 2 is 2.04 bits per heavy atom. The molecule has 2 aromatic rings. The van der Waals surface area contributed by atoms with Gasteiger partial charge < -0.3 is 10.2 Å². The number of carbonyl (C=O) groups is 2. The smallest absolute Gasteiger partial charge is 0.225 e. The summed E-state index contributed by atoms with van der Waals surface area (Å²) < 4.78 is 0. The SMILES string of the molecule is O=C(Cc1cccs1)NC1CC(=O)N(CCCc2ccccc2)C1. The van der Waals surface area contributed by atoms with Crippen LogP contribution >= 0.6 is 11.3 Å². The van der Waals surface area contributed by atoms with Crippen molar-refractivity contribution < 1.29 is 9.59 Å². The fourth-order valence-electron chi connectivity index (χ4n) is 3.05. The first-order chi connectivity index (χ1) is 11.7. The molecule has 0 spiro atoms. The van der Waals surface area contributed by atoms with Crippen molar-refractivity contribution in [2.24, 2.45) is 0 Å². The van der Waals surface area contributed by atoms with Crippen LogP contribution in [0.2, 0.25) is 0 Å². The minimum Gasteiger partial charge on any atom is -0.351 e. The molecule has 0 saturated carbocycles. The van der Waals surface area contributed by atoms with Gasteiger partial charge in [0.05, 0.1) is 12.5 Å². The summed E-state index contributed by atoms with van der Waals surface area (Å²) in [5.41, 5.74) is 1.30. The molecule has 1 aromatic carbocycles. The summed E-state index contributed by atoms with van der Waals surface area (Å²) in [6.07, 6.45) is 2.74. The number of benzene rings is 1. The number of amides is 2. The number of hydrogen-bond donors (Lipinski definition) is 1. The highest BCUT2D eigenvalue weighted by molar-refractivity contribution is 7.10. The van der Waals surface area contributed by atoms with Gasteiger partial charge in [-0.15, -0.1) is 11.3 Å². The summed E-state index contributed by atoms with van der Waals surface area (Å²) in [4.78, 5) is 27.1. The van der Waals surface area contributed by atoms with E-state index in [1.165, 1.54) is 5.56 Å². The zero-order valence-electron chi connectivity index (χ0n) is 13.6. The summed E-state index contributed by atoms with van der Waals surface area (Å²) in [5.74, 6) is 0.144. The third kappa shape index (κ3) is 4.68. The molecule has 1 saturated heterocycles. The van der Waals surface area contributed by atoms with Crippen LogP contribution in [0.15, 0.2) is 47.8 Å². The Bertz CT molecular complexity index is 670. The van der Waals surface area contributed by atoms with Crippen molar-refractivity contribution in [1.82, 2.24) is 10.2 Å². The predicted octanol–water partition coefficient (Wildman–Crippen LogP) is 2.64. The normalized spacial score (nSPS) is 17.2. The highest BCUT2D eigenvalue weighted by Gasteiger charge is 2.30. The zero-order chi connectivity index (χ0) is 16.8. The molecule has 1 N–H and O–H groups in total. The minimum atomic E-state index is -0.0540. The summed E-state index contributed by atoms with van der Waals surface area (Å²) in [6, 6.07) is 14.2. The molecule has 0 bridgehead atoms. The van der Waals surface area contributed by atoms with Crippen LogP contribution in [-0.2, 0) is 22.4 Å². The van der Waals surface area contributed by atoms with Crippen LogP contribution < -0.4 is 5.32 Å². The Labute approximate surface area is 146 Å². The summed E-state index contributed by atoms with van der Waals surface area (Å²) in [7, 11) is 0. The van der Waals surface area contributed by atoms with E-state index in [1.54, 1.807) is 11.3 Å². The number of likely N-dealkylation sites (tertiary alicyclic amines) is 1. The molecule has 24 heavy (non-hydrogen) atoms. The first-order valence-corrected chi connectivity index (χ1v) is 9.22. The summed E-state index contributed by atoms with van der Waals surface area (Å²) in [6.45, 7) is 1.38. The van der Waals surface area contributed by atoms with Crippen molar-refractivity contribution in [3.63, 3.8) is 0 Å². The van der Waals surface area contributed by atoms with E-state index in [-0.39, 0.29) is 17.9 Å². The number of hydrogen-bond acceptors (Lipinski definition) is 3. The van der Waals surface area contributed by atoms with Gasteiger partial charge in [-0.2, -0.15) is 0 Å². The van der Waals surface area contributed by atoms with E-state index in [0.29, 0.717) is 19.4 Å². The molecule has 5 heteroatoms. The largest absolute Gasteiger partial charge is 0.351 e. The van der Waals surface area contributed by atoms with Crippen LogP contribution in [0.3, 0.4) is 0 Å². The number of rotatable bonds is 7. The van der Waals surface area contributed by atoms with Gasteiger partial charge in [-0.25, -0.2) is 0 Å². The molecule has 4 nitrogen and oxygen atoms in total. The van der Waals surface area contributed by atoms with E-state index in [0.717, 1.165) is 24.3 Å². The van der Waals surface area contributed by atoms with Crippen molar-refractivity contribution in [2.45, 2.75) is 31.7 Å². The van der Waals surface area contributed by atoms with Crippen LogP contribution in [0.25, 0.3) is 0 Å². The molecule has 1 aromatic heterocycles. The maximum Gasteiger partial charge on any atom is 0.225 e. The van der Waals surface area contributed by atoms with Crippen molar-refractivity contribution in [3.8, 4) is 0 Å². The minimum absolute atomic E-state index is 0.00128. The van der Waals surface area contributed by atoms with Gasteiger partial charge >= 0.3 is 0 Å². The first-order valence-electron chi connectivity index (χ1n) is 8.34. The third-order valence-electron chi connectivity index (χ3n) is 4.23. The second kappa shape index (κ2) is 8.11. The van der Waals surface area contributed by atoms with E-state index >= 15 is 0 Å². The van der Waals surface area contributed by atoms with Gasteiger partial charge in [-0.05, 0) is 29.9 Å². The van der Waals surface area contributed by atoms with Crippen LogP contribution in [0, 0.1) is 0 Å². The van der Waals surface area contributed by atoms with Crippen LogP contribution in [0.5, 0.6) is 0 Å². The van der Waals surface area contributed by atoms with Crippen molar-refractivity contribution in [1.29, 1.82) is 0 Å². The van der Waals surface area contributed by atoms with Crippen molar-refractivity contribution in [3.05, 3.63) is 58.3 Å².